The minimum absolute atomic E-state index is 0.0668. The normalized spacial score (nSPS) is 47.7. The fraction of sp³-hybridized carbons (Fsp3) is 0.923. The smallest absolute Gasteiger partial charge is 0.322 e. The molecule has 4 aliphatic rings. The van der Waals surface area contributed by atoms with Crippen LogP contribution in [0.1, 0.15) is 78.6 Å². The summed E-state index contributed by atoms with van der Waals surface area (Å²) in [5, 5.41) is 44.4. The maximum absolute atomic E-state index is 12.0. The average Bonchev–Trinajstić information content (AvgIpc) is 3.11. The number of aliphatic hydroxyl groups is 3. The van der Waals surface area contributed by atoms with Gasteiger partial charge in [0.25, 0.3) is 0 Å². The van der Waals surface area contributed by atoms with Crippen molar-refractivity contribution in [2.45, 2.75) is 96.9 Å². The Balaban J connectivity index is 1.49. The summed E-state index contributed by atoms with van der Waals surface area (Å²) in [7, 11) is 0. The van der Waals surface area contributed by atoms with Crippen LogP contribution >= 0.6 is 0 Å². The second-order valence-corrected chi connectivity index (χ2v) is 12.2. The van der Waals surface area contributed by atoms with Crippen molar-refractivity contribution in [3.63, 3.8) is 0 Å². The van der Waals surface area contributed by atoms with Crippen molar-refractivity contribution in [1.82, 2.24) is 5.32 Å². The second-order valence-electron chi connectivity index (χ2n) is 12.2. The molecule has 4 aliphatic carbocycles. The van der Waals surface area contributed by atoms with Gasteiger partial charge in [0.05, 0.1) is 18.3 Å². The van der Waals surface area contributed by atoms with Crippen molar-refractivity contribution in [2.24, 2.45) is 46.3 Å². The van der Waals surface area contributed by atoms with Gasteiger partial charge in [-0.3, -0.25) is 9.59 Å². The molecule has 5 N–H and O–H groups in total. The van der Waals surface area contributed by atoms with Crippen LogP contribution in [0.25, 0.3) is 0 Å². The first-order chi connectivity index (χ1) is 15.5. The van der Waals surface area contributed by atoms with Gasteiger partial charge in [0.2, 0.25) is 5.91 Å². The van der Waals surface area contributed by atoms with Gasteiger partial charge in [-0.25, -0.2) is 0 Å². The van der Waals surface area contributed by atoms with Crippen LogP contribution in [0.5, 0.6) is 0 Å². The number of aliphatic hydroxyl groups excluding tert-OH is 3. The van der Waals surface area contributed by atoms with E-state index in [0.29, 0.717) is 25.2 Å². The number of carboxylic acids is 1. The van der Waals surface area contributed by atoms with Crippen molar-refractivity contribution in [3.8, 4) is 0 Å². The molecular weight excluding hydrogens is 422 g/mol. The summed E-state index contributed by atoms with van der Waals surface area (Å²) in [6.07, 6.45) is 5.86. The van der Waals surface area contributed by atoms with Gasteiger partial charge in [-0.05, 0) is 97.7 Å². The Labute approximate surface area is 197 Å². The number of amides is 1. The van der Waals surface area contributed by atoms with Crippen LogP contribution in [0.3, 0.4) is 0 Å². The van der Waals surface area contributed by atoms with Gasteiger partial charge in [0.15, 0.2) is 0 Å². The first-order valence-corrected chi connectivity index (χ1v) is 13.0. The third-order valence-electron chi connectivity index (χ3n) is 10.8. The Kier molecular flexibility index (Phi) is 6.89. The molecule has 0 bridgehead atoms. The average molecular weight is 466 g/mol. The summed E-state index contributed by atoms with van der Waals surface area (Å²) >= 11 is 0. The monoisotopic (exact) mass is 465 g/mol. The topological polar surface area (TPSA) is 127 Å². The molecule has 0 radical (unpaired) electrons. The summed E-state index contributed by atoms with van der Waals surface area (Å²) in [5.41, 5.74) is -0.214. The molecule has 7 heteroatoms. The van der Waals surface area contributed by atoms with Crippen molar-refractivity contribution in [2.75, 3.05) is 6.54 Å². The van der Waals surface area contributed by atoms with Crippen molar-refractivity contribution in [3.05, 3.63) is 0 Å². The Morgan fingerprint density at radius 3 is 2.45 bits per heavy atom. The molecule has 0 aliphatic heterocycles. The zero-order valence-electron chi connectivity index (χ0n) is 20.4. The summed E-state index contributed by atoms with van der Waals surface area (Å²) in [6.45, 7) is 6.35. The van der Waals surface area contributed by atoms with E-state index in [1.165, 1.54) is 0 Å². The number of carbonyl (C=O) groups is 2. The predicted molar refractivity (Wildman–Crippen MR) is 123 cm³/mol. The molecule has 0 heterocycles. The number of nitrogens with one attached hydrogen (secondary N) is 1. The number of aliphatic carboxylic acids is 1. The van der Waals surface area contributed by atoms with Crippen molar-refractivity contribution in [1.29, 1.82) is 0 Å². The van der Waals surface area contributed by atoms with Gasteiger partial charge < -0.3 is 25.7 Å². The van der Waals surface area contributed by atoms with E-state index in [-0.39, 0.29) is 65.1 Å². The molecule has 0 spiro atoms. The van der Waals surface area contributed by atoms with Gasteiger partial charge in [-0.1, -0.05) is 20.8 Å². The molecule has 4 rings (SSSR count). The Morgan fingerprint density at radius 2 is 1.76 bits per heavy atom. The molecule has 0 aromatic heterocycles. The van der Waals surface area contributed by atoms with E-state index in [2.05, 4.69) is 26.1 Å². The van der Waals surface area contributed by atoms with Crippen LogP contribution in [-0.2, 0) is 9.59 Å². The van der Waals surface area contributed by atoms with Crippen LogP contribution < -0.4 is 5.32 Å². The number of carbonyl (C=O) groups excluding carboxylic acids is 1. The zero-order valence-corrected chi connectivity index (χ0v) is 20.4. The van der Waals surface area contributed by atoms with E-state index in [4.69, 9.17) is 5.11 Å². The van der Waals surface area contributed by atoms with Crippen LogP contribution in [0.4, 0.5) is 0 Å². The molecule has 11 atom stereocenters. The van der Waals surface area contributed by atoms with Crippen LogP contribution in [0.15, 0.2) is 0 Å². The molecule has 7 nitrogen and oxygen atoms in total. The fourth-order valence-corrected chi connectivity index (χ4v) is 8.95. The number of fused-ring (bicyclic) bond motifs is 5. The van der Waals surface area contributed by atoms with Gasteiger partial charge in [0.1, 0.15) is 6.54 Å². The first kappa shape index (κ1) is 24.9. The van der Waals surface area contributed by atoms with E-state index in [0.717, 1.165) is 38.5 Å². The molecule has 33 heavy (non-hydrogen) atoms. The third kappa shape index (κ3) is 4.23. The van der Waals surface area contributed by atoms with Crippen molar-refractivity contribution < 1.29 is 30.0 Å². The molecule has 0 aromatic rings. The summed E-state index contributed by atoms with van der Waals surface area (Å²) < 4.78 is 0. The third-order valence-corrected chi connectivity index (χ3v) is 10.8. The summed E-state index contributed by atoms with van der Waals surface area (Å²) in [6, 6.07) is 0. The quantitative estimate of drug-likeness (QED) is 0.410. The predicted octanol–water partition coefficient (Wildman–Crippen LogP) is 2.56. The highest BCUT2D eigenvalue weighted by molar-refractivity contribution is 5.81. The molecule has 188 valence electrons. The lowest BCUT2D eigenvalue weighted by atomic mass is 9.43. The number of carboxylic acid groups (broad SMARTS) is 1. The number of rotatable bonds is 6. The van der Waals surface area contributed by atoms with Gasteiger partial charge in [0, 0.05) is 6.42 Å². The standard InChI is InChI=1S/C26H43NO6/c1-14(4-7-22(31)27-13-23(32)33)17-5-6-18-24-19(12-21(30)26(17,18)3)25(2)9-8-16(28)10-15(25)11-20(24)29/h14-21,24,28-30H,4-13H2,1-3H3,(H,27,31)(H,32,33)/t14-,15+,16-,17+,18-,19+,20-,21+,24-,25+,26-/m1/s1. The molecule has 0 unspecified atom stereocenters. The van der Waals surface area contributed by atoms with E-state index < -0.39 is 12.1 Å². The van der Waals surface area contributed by atoms with Crippen LogP contribution in [0.2, 0.25) is 0 Å². The number of hydrogen-bond acceptors (Lipinski definition) is 5. The van der Waals surface area contributed by atoms with E-state index in [1.807, 2.05) is 0 Å². The second kappa shape index (κ2) is 9.12. The van der Waals surface area contributed by atoms with Crippen LogP contribution in [0, 0.1) is 46.3 Å². The highest BCUT2D eigenvalue weighted by atomic mass is 16.4. The Bertz CT molecular complexity index is 759. The largest absolute Gasteiger partial charge is 0.480 e. The van der Waals surface area contributed by atoms with E-state index in [1.54, 1.807) is 0 Å². The lowest BCUT2D eigenvalue weighted by Crippen LogP contribution is -2.62. The molecular formula is C26H43NO6. The van der Waals surface area contributed by atoms with Gasteiger partial charge in [-0.2, -0.15) is 0 Å². The molecule has 4 fully saturated rings. The summed E-state index contributed by atoms with van der Waals surface area (Å²) in [4.78, 5) is 22.7. The highest BCUT2D eigenvalue weighted by Crippen LogP contribution is 2.68. The van der Waals surface area contributed by atoms with E-state index >= 15 is 0 Å². The highest BCUT2D eigenvalue weighted by Gasteiger charge is 2.65. The van der Waals surface area contributed by atoms with E-state index in [9.17, 15) is 24.9 Å². The molecule has 4 saturated carbocycles. The fourth-order valence-electron chi connectivity index (χ4n) is 8.95. The minimum atomic E-state index is -1.04. The zero-order chi connectivity index (χ0) is 24.1. The lowest BCUT2D eigenvalue weighted by molar-refractivity contribution is -0.207. The molecule has 0 saturated heterocycles. The van der Waals surface area contributed by atoms with Gasteiger partial charge >= 0.3 is 5.97 Å². The number of hydrogen-bond donors (Lipinski definition) is 5. The Hall–Kier alpha value is -1.18. The van der Waals surface area contributed by atoms with Crippen molar-refractivity contribution >= 4 is 11.9 Å². The molecule has 1 amide bonds. The lowest BCUT2D eigenvalue weighted by Gasteiger charge is -2.63. The Morgan fingerprint density at radius 1 is 1.03 bits per heavy atom. The molecule has 0 aromatic carbocycles. The van der Waals surface area contributed by atoms with Gasteiger partial charge in [-0.15, -0.1) is 0 Å². The SMILES string of the molecule is C[C@H](CCC(=O)NCC(=O)O)[C@@H]1CC[C@@H]2[C@H]3[C@H](O)C[C@@H]4C[C@H](O)CC[C@]4(C)[C@H]3C[C@H](O)[C@@]21C. The summed E-state index contributed by atoms with van der Waals surface area (Å²) in [5.74, 6) is 0.265. The maximum Gasteiger partial charge on any atom is 0.322 e. The first-order valence-electron chi connectivity index (χ1n) is 13.0. The minimum Gasteiger partial charge on any atom is -0.480 e. The van der Waals surface area contributed by atoms with Crippen LogP contribution in [-0.4, -0.2) is 57.2 Å². The maximum atomic E-state index is 12.0.